The fraction of sp³-hybridized carbons (Fsp3) is 0.600. The maximum atomic E-state index is 10.0. The van der Waals surface area contributed by atoms with Gasteiger partial charge in [0.25, 0.3) is 0 Å². The van der Waals surface area contributed by atoms with E-state index in [-0.39, 0.29) is 6.10 Å². The number of hydrogen-bond acceptors (Lipinski definition) is 4. The second-order valence-electron chi connectivity index (χ2n) is 5.35. The molecule has 1 heterocycles. The van der Waals surface area contributed by atoms with E-state index in [1.165, 1.54) is 0 Å². The van der Waals surface area contributed by atoms with Gasteiger partial charge in [0.15, 0.2) is 11.5 Å². The molecule has 0 spiro atoms. The van der Waals surface area contributed by atoms with Crippen LogP contribution in [0, 0.1) is 0 Å². The molecule has 0 saturated carbocycles. The molecule has 1 aromatic rings. The summed E-state index contributed by atoms with van der Waals surface area (Å²) in [7, 11) is 1.61. The van der Waals surface area contributed by atoms with E-state index >= 15 is 0 Å². The maximum Gasteiger partial charge on any atom is 0.161 e. The Hall–Kier alpha value is -1.26. The molecule has 0 radical (unpaired) electrons. The number of ether oxygens (including phenoxy) is 3. The smallest absolute Gasteiger partial charge is 0.161 e. The summed E-state index contributed by atoms with van der Waals surface area (Å²) in [6, 6.07) is 5.56. The highest BCUT2D eigenvalue weighted by atomic mass is 16.5. The van der Waals surface area contributed by atoms with Crippen molar-refractivity contribution in [2.45, 2.75) is 38.4 Å². The third kappa shape index (κ3) is 3.61. The number of benzene rings is 1. The van der Waals surface area contributed by atoms with Crippen LogP contribution in [-0.2, 0) is 10.3 Å². The topological polar surface area (TPSA) is 47.9 Å². The summed E-state index contributed by atoms with van der Waals surface area (Å²) < 4.78 is 16.6. The third-order valence-electron chi connectivity index (χ3n) is 3.33. The Kier molecular flexibility index (Phi) is 4.32. The van der Waals surface area contributed by atoms with Crippen molar-refractivity contribution in [1.29, 1.82) is 0 Å². The summed E-state index contributed by atoms with van der Waals surface area (Å²) in [6.07, 6.45) is 1.97. The molecule has 4 heteroatoms. The molecule has 19 heavy (non-hydrogen) atoms. The van der Waals surface area contributed by atoms with E-state index in [1.54, 1.807) is 21.0 Å². The maximum absolute atomic E-state index is 10.0. The predicted molar refractivity (Wildman–Crippen MR) is 72.7 cm³/mol. The fourth-order valence-corrected chi connectivity index (χ4v) is 2.12. The largest absolute Gasteiger partial charge is 0.493 e. The van der Waals surface area contributed by atoms with E-state index in [4.69, 9.17) is 14.2 Å². The minimum Gasteiger partial charge on any atom is -0.493 e. The van der Waals surface area contributed by atoms with Gasteiger partial charge in [-0.2, -0.15) is 0 Å². The Balaban J connectivity index is 2.16. The molecule has 2 rings (SSSR count). The Morgan fingerprint density at radius 3 is 2.47 bits per heavy atom. The van der Waals surface area contributed by atoms with Crippen LogP contribution in [0.15, 0.2) is 18.2 Å². The Morgan fingerprint density at radius 2 is 1.89 bits per heavy atom. The van der Waals surface area contributed by atoms with Gasteiger partial charge in [-0.15, -0.1) is 0 Å². The van der Waals surface area contributed by atoms with Crippen molar-refractivity contribution < 1.29 is 19.3 Å². The normalized spacial score (nSPS) is 17.3. The van der Waals surface area contributed by atoms with E-state index in [9.17, 15) is 5.11 Å². The van der Waals surface area contributed by atoms with Crippen molar-refractivity contribution in [2.75, 3.05) is 20.3 Å². The van der Waals surface area contributed by atoms with Crippen molar-refractivity contribution in [2.24, 2.45) is 0 Å². The fourth-order valence-electron chi connectivity index (χ4n) is 2.12. The van der Waals surface area contributed by atoms with Crippen molar-refractivity contribution in [3.8, 4) is 11.5 Å². The zero-order valence-electron chi connectivity index (χ0n) is 11.8. The average Bonchev–Trinajstić information content (AvgIpc) is 2.39. The molecule has 0 bridgehead atoms. The summed E-state index contributed by atoms with van der Waals surface area (Å²) in [5.41, 5.74) is -0.0755. The van der Waals surface area contributed by atoms with Crippen LogP contribution >= 0.6 is 0 Å². The molecule has 1 fully saturated rings. The summed E-state index contributed by atoms with van der Waals surface area (Å²) in [6.45, 7) is 4.99. The monoisotopic (exact) mass is 266 g/mol. The quantitative estimate of drug-likeness (QED) is 0.909. The first-order chi connectivity index (χ1) is 9.00. The first kappa shape index (κ1) is 14.2. The lowest BCUT2D eigenvalue weighted by molar-refractivity contribution is 0.0244. The van der Waals surface area contributed by atoms with E-state index in [0.717, 1.165) is 37.4 Å². The van der Waals surface area contributed by atoms with Gasteiger partial charge < -0.3 is 19.3 Å². The molecule has 0 unspecified atom stereocenters. The minimum atomic E-state index is -0.884. The molecule has 106 valence electrons. The second kappa shape index (κ2) is 5.80. The molecule has 0 amide bonds. The minimum absolute atomic E-state index is 0.177. The van der Waals surface area contributed by atoms with Crippen molar-refractivity contribution in [3.63, 3.8) is 0 Å². The molecular formula is C15H22O4. The van der Waals surface area contributed by atoms with Crippen LogP contribution in [0.25, 0.3) is 0 Å². The van der Waals surface area contributed by atoms with Crippen LogP contribution in [0.4, 0.5) is 0 Å². The van der Waals surface area contributed by atoms with Crippen molar-refractivity contribution in [3.05, 3.63) is 23.8 Å². The highest BCUT2D eigenvalue weighted by Crippen LogP contribution is 2.33. The van der Waals surface area contributed by atoms with E-state index in [2.05, 4.69) is 0 Å². The molecule has 1 aliphatic rings. The van der Waals surface area contributed by atoms with Gasteiger partial charge in [-0.25, -0.2) is 0 Å². The molecule has 1 aliphatic heterocycles. The Morgan fingerprint density at radius 1 is 1.21 bits per heavy atom. The third-order valence-corrected chi connectivity index (χ3v) is 3.33. The van der Waals surface area contributed by atoms with Crippen LogP contribution in [-0.4, -0.2) is 31.5 Å². The summed E-state index contributed by atoms with van der Waals surface area (Å²) in [5, 5.41) is 10.0. The second-order valence-corrected chi connectivity index (χ2v) is 5.35. The van der Waals surface area contributed by atoms with Gasteiger partial charge in [-0.3, -0.25) is 0 Å². The molecule has 1 saturated heterocycles. The zero-order valence-corrected chi connectivity index (χ0v) is 11.8. The molecular weight excluding hydrogens is 244 g/mol. The van der Waals surface area contributed by atoms with Gasteiger partial charge in [0.1, 0.15) is 6.10 Å². The summed E-state index contributed by atoms with van der Waals surface area (Å²) in [5.74, 6) is 1.38. The molecule has 4 nitrogen and oxygen atoms in total. The number of methoxy groups -OCH3 is 1. The molecule has 0 aromatic heterocycles. The lowest BCUT2D eigenvalue weighted by atomic mass is 9.98. The predicted octanol–water partition coefficient (Wildman–Crippen LogP) is 2.48. The van der Waals surface area contributed by atoms with E-state index in [0.29, 0.717) is 5.75 Å². The lowest BCUT2D eigenvalue weighted by Gasteiger charge is -2.25. The van der Waals surface area contributed by atoms with Gasteiger partial charge in [0.2, 0.25) is 0 Å². The van der Waals surface area contributed by atoms with Crippen LogP contribution < -0.4 is 9.47 Å². The number of rotatable bonds is 4. The van der Waals surface area contributed by atoms with Crippen molar-refractivity contribution >= 4 is 0 Å². The molecule has 1 aromatic carbocycles. The van der Waals surface area contributed by atoms with Crippen molar-refractivity contribution in [1.82, 2.24) is 0 Å². The summed E-state index contributed by atoms with van der Waals surface area (Å²) >= 11 is 0. The molecule has 0 aliphatic carbocycles. The van der Waals surface area contributed by atoms with Gasteiger partial charge in [0.05, 0.1) is 25.9 Å². The van der Waals surface area contributed by atoms with Gasteiger partial charge in [0, 0.05) is 12.8 Å². The lowest BCUT2D eigenvalue weighted by Crippen LogP contribution is -2.26. The Bertz CT molecular complexity index is 417. The first-order valence-electron chi connectivity index (χ1n) is 6.66. The van der Waals surface area contributed by atoms with Crippen LogP contribution in [0.1, 0.15) is 32.3 Å². The molecule has 0 atom stereocenters. The standard InChI is InChI=1S/C15H22O4/c1-15(2,16)11-4-5-13(14(10-11)17-3)19-12-6-8-18-9-7-12/h4-5,10,12,16H,6-9H2,1-3H3. The van der Waals surface area contributed by atoms with E-state index in [1.807, 2.05) is 18.2 Å². The summed E-state index contributed by atoms with van der Waals surface area (Å²) in [4.78, 5) is 0. The van der Waals surface area contributed by atoms with Crippen LogP contribution in [0.3, 0.4) is 0 Å². The van der Waals surface area contributed by atoms with Gasteiger partial charge >= 0.3 is 0 Å². The number of hydrogen-bond donors (Lipinski definition) is 1. The highest BCUT2D eigenvalue weighted by Gasteiger charge is 2.21. The van der Waals surface area contributed by atoms with Gasteiger partial charge in [-0.1, -0.05) is 6.07 Å². The van der Waals surface area contributed by atoms with Crippen LogP contribution in [0.5, 0.6) is 11.5 Å². The van der Waals surface area contributed by atoms with Crippen LogP contribution in [0.2, 0.25) is 0 Å². The number of aliphatic hydroxyl groups is 1. The van der Waals surface area contributed by atoms with Gasteiger partial charge in [-0.05, 0) is 31.5 Å². The average molecular weight is 266 g/mol. The highest BCUT2D eigenvalue weighted by molar-refractivity contribution is 5.44. The Labute approximate surface area is 114 Å². The first-order valence-corrected chi connectivity index (χ1v) is 6.66. The SMILES string of the molecule is COc1cc(C(C)(C)O)ccc1OC1CCOCC1. The zero-order chi connectivity index (χ0) is 13.9. The van der Waals surface area contributed by atoms with E-state index < -0.39 is 5.60 Å². The molecule has 1 N–H and O–H groups in total.